The molecule has 0 radical (unpaired) electrons. The van der Waals surface area contributed by atoms with Gasteiger partial charge in [0.05, 0.1) is 4.90 Å². The van der Waals surface area contributed by atoms with Crippen LogP contribution in [0.25, 0.3) is 0 Å². The van der Waals surface area contributed by atoms with Gasteiger partial charge < -0.3 is 15.5 Å². The highest BCUT2D eigenvalue weighted by Crippen LogP contribution is 2.27. The number of hydrogen-bond donors (Lipinski definition) is 2. The van der Waals surface area contributed by atoms with E-state index in [1.807, 2.05) is 25.1 Å². The Morgan fingerprint density at radius 3 is 2.66 bits per heavy atom. The number of likely N-dealkylation sites (N-methyl/N-ethyl adjacent to an activating group) is 1. The average molecular weight is 418 g/mol. The van der Waals surface area contributed by atoms with Crippen molar-refractivity contribution < 1.29 is 13.2 Å². The molecule has 2 heterocycles. The molecule has 3 rings (SSSR count). The summed E-state index contributed by atoms with van der Waals surface area (Å²) in [5.41, 5.74) is 1.42. The van der Waals surface area contributed by atoms with Gasteiger partial charge in [-0.05, 0) is 62.8 Å². The normalized spacial score (nSPS) is 17.4. The number of carbonyl (C=O) groups is 1. The van der Waals surface area contributed by atoms with E-state index in [0.717, 1.165) is 18.4 Å². The first kappa shape index (κ1) is 21.2. The van der Waals surface area contributed by atoms with Gasteiger partial charge in [0, 0.05) is 43.8 Å². The van der Waals surface area contributed by atoms with Crippen molar-refractivity contribution in [1.29, 1.82) is 0 Å². The molecular formula is C20H27N5O3S. The van der Waals surface area contributed by atoms with Crippen LogP contribution in [0.5, 0.6) is 0 Å². The molecule has 29 heavy (non-hydrogen) atoms. The third-order valence-electron chi connectivity index (χ3n) is 4.79. The van der Waals surface area contributed by atoms with Crippen LogP contribution in [0, 0.1) is 0 Å². The van der Waals surface area contributed by atoms with Crippen molar-refractivity contribution in [2.75, 3.05) is 32.5 Å². The third kappa shape index (κ3) is 5.53. The monoisotopic (exact) mass is 417 g/mol. The number of carbonyl (C=O) groups excluding carboxylic acids is 1. The van der Waals surface area contributed by atoms with Gasteiger partial charge >= 0.3 is 6.03 Å². The molecule has 0 spiro atoms. The van der Waals surface area contributed by atoms with Gasteiger partial charge in [0.25, 0.3) is 0 Å². The summed E-state index contributed by atoms with van der Waals surface area (Å²) in [5, 5.41) is 5.45. The molecule has 2 aromatic rings. The molecule has 2 N–H and O–H groups in total. The van der Waals surface area contributed by atoms with Crippen molar-refractivity contribution in [3.05, 3.63) is 54.4 Å². The lowest BCUT2D eigenvalue weighted by Crippen LogP contribution is -2.41. The molecule has 1 fully saturated rings. The summed E-state index contributed by atoms with van der Waals surface area (Å²) in [6.07, 6.45) is 5.09. The van der Waals surface area contributed by atoms with Crippen LogP contribution in [0.2, 0.25) is 0 Å². The molecule has 0 saturated carbocycles. The lowest BCUT2D eigenvalue weighted by Gasteiger charge is -2.26. The highest BCUT2D eigenvalue weighted by atomic mass is 32.2. The Kier molecular flexibility index (Phi) is 6.83. The summed E-state index contributed by atoms with van der Waals surface area (Å²) in [6.45, 7) is 1.60. The van der Waals surface area contributed by atoms with Crippen LogP contribution < -0.4 is 10.6 Å². The van der Waals surface area contributed by atoms with Crippen LogP contribution in [0.4, 0.5) is 10.5 Å². The van der Waals surface area contributed by atoms with E-state index in [-0.39, 0.29) is 17.0 Å². The number of benzene rings is 1. The number of pyridine rings is 1. The van der Waals surface area contributed by atoms with E-state index in [4.69, 9.17) is 0 Å². The number of hydrogen-bond acceptors (Lipinski definition) is 5. The van der Waals surface area contributed by atoms with E-state index in [0.29, 0.717) is 25.3 Å². The summed E-state index contributed by atoms with van der Waals surface area (Å²) in [7, 11) is 0.341. The second-order valence-corrected chi connectivity index (χ2v) is 9.26. The van der Waals surface area contributed by atoms with E-state index >= 15 is 0 Å². The highest BCUT2D eigenvalue weighted by Gasteiger charge is 2.35. The predicted molar refractivity (Wildman–Crippen MR) is 112 cm³/mol. The van der Waals surface area contributed by atoms with Crippen LogP contribution in [-0.4, -0.2) is 61.9 Å². The Balaban J connectivity index is 1.61. The first-order chi connectivity index (χ1) is 13.9. The van der Waals surface area contributed by atoms with Crippen molar-refractivity contribution in [1.82, 2.24) is 19.5 Å². The minimum atomic E-state index is -3.55. The minimum Gasteiger partial charge on any atom is -0.334 e. The predicted octanol–water partition coefficient (Wildman–Crippen LogP) is 2.12. The average Bonchev–Trinajstić information content (AvgIpc) is 3.16. The third-order valence-corrected chi connectivity index (χ3v) is 6.76. The first-order valence-corrected chi connectivity index (χ1v) is 11.0. The maximum Gasteiger partial charge on any atom is 0.319 e. The number of sulfonamides is 1. The first-order valence-electron chi connectivity index (χ1n) is 9.56. The van der Waals surface area contributed by atoms with E-state index < -0.39 is 10.0 Å². The van der Waals surface area contributed by atoms with Gasteiger partial charge in [0.2, 0.25) is 10.0 Å². The van der Waals surface area contributed by atoms with Crippen molar-refractivity contribution in [2.45, 2.75) is 30.3 Å². The molecular weight excluding hydrogens is 390 g/mol. The Labute approximate surface area is 172 Å². The summed E-state index contributed by atoms with van der Waals surface area (Å²) >= 11 is 0. The molecule has 9 heteroatoms. The molecule has 1 atom stereocenters. The molecule has 0 unspecified atom stereocenters. The minimum absolute atomic E-state index is 0.00828. The van der Waals surface area contributed by atoms with Gasteiger partial charge in [-0.15, -0.1) is 0 Å². The zero-order valence-corrected chi connectivity index (χ0v) is 17.5. The van der Waals surface area contributed by atoms with Crippen molar-refractivity contribution >= 4 is 21.7 Å². The second kappa shape index (κ2) is 9.34. The number of rotatable bonds is 7. The van der Waals surface area contributed by atoms with Crippen LogP contribution >= 0.6 is 0 Å². The molecule has 1 aliphatic heterocycles. The lowest BCUT2D eigenvalue weighted by atomic mass is 10.2. The molecule has 1 aromatic heterocycles. The Morgan fingerprint density at radius 2 is 2.00 bits per heavy atom. The van der Waals surface area contributed by atoms with Gasteiger partial charge in [0.1, 0.15) is 0 Å². The molecule has 1 aromatic carbocycles. The zero-order valence-electron chi connectivity index (χ0n) is 16.7. The maximum atomic E-state index is 13.0. The van der Waals surface area contributed by atoms with Crippen LogP contribution in [-0.2, 0) is 16.6 Å². The zero-order chi connectivity index (χ0) is 20.9. The number of nitrogens with one attached hydrogen (secondary N) is 2. The molecule has 0 bridgehead atoms. The number of amides is 2. The molecule has 1 aliphatic rings. The topological polar surface area (TPSA) is 94.6 Å². The molecule has 2 amide bonds. The van der Waals surface area contributed by atoms with Crippen LogP contribution in [0.15, 0.2) is 53.7 Å². The van der Waals surface area contributed by atoms with Gasteiger partial charge in [-0.1, -0.05) is 6.07 Å². The second-order valence-electron chi connectivity index (χ2n) is 7.37. The van der Waals surface area contributed by atoms with Gasteiger partial charge in [-0.3, -0.25) is 4.98 Å². The Hall–Kier alpha value is -2.49. The Morgan fingerprint density at radius 1 is 1.24 bits per heavy atom. The fourth-order valence-electron chi connectivity index (χ4n) is 3.44. The fourth-order valence-corrected chi connectivity index (χ4v) is 5.12. The van der Waals surface area contributed by atoms with Crippen molar-refractivity contribution in [3.63, 3.8) is 0 Å². The summed E-state index contributed by atoms with van der Waals surface area (Å²) in [6, 6.07) is 9.59. The lowest BCUT2D eigenvalue weighted by molar-refractivity contribution is 0.251. The molecule has 156 valence electrons. The van der Waals surface area contributed by atoms with Gasteiger partial charge in [-0.2, -0.15) is 4.31 Å². The fraction of sp³-hybridized carbons (Fsp3) is 0.400. The van der Waals surface area contributed by atoms with E-state index in [9.17, 15) is 13.2 Å². The quantitative estimate of drug-likeness (QED) is 0.720. The maximum absolute atomic E-state index is 13.0. The number of urea groups is 1. The summed E-state index contributed by atoms with van der Waals surface area (Å²) in [5.74, 6) is 0. The van der Waals surface area contributed by atoms with E-state index in [1.165, 1.54) is 12.1 Å². The number of anilines is 1. The van der Waals surface area contributed by atoms with E-state index in [2.05, 4.69) is 15.6 Å². The van der Waals surface area contributed by atoms with Crippen LogP contribution in [0.1, 0.15) is 18.4 Å². The SMILES string of the molecule is CN(C)C[C@@H]1CCCN1S(=O)(=O)c1ccc(NC(=O)NCc2cccnc2)cc1. The molecule has 1 saturated heterocycles. The highest BCUT2D eigenvalue weighted by molar-refractivity contribution is 7.89. The van der Waals surface area contributed by atoms with Crippen molar-refractivity contribution in [3.8, 4) is 0 Å². The summed E-state index contributed by atoms with van der Waals surface area (Å²) in [4.78, 5) is 18.3. The number of aromatic nitrogens is 1. The summed E-state index contributed by atoms with van der Waals surface area (Å²) < 4.78 is 27.6. The number of nitrogens with zero attached hydrogens (tertiary/aromatic N) is 3. The Bertz CT molecular complexity index is 917. The smallest absolute Gasteiger partial charge is 0.319 e. The molecule has 0 aliphatic carbocycles. The van der Waals surface area contributed by atoms with E-state index in [1.54, 1.807) is 34.9 Å². The largest absolute Gasteiger partial charge is 0.334 e. The van der Waals surface area contributed by atoms with Crippen LogP contribution in [0.3, 0.4) is 0 Å². The van der Waals surface area contributed by atoms with Gasteiger partial charge in [0.15, 0.2) is 0 Å². The molecule has 8 nitrogen and oxygen atoms in total. The van der Waals surface area contributed by atoms with Crippen molar-refractivity contribution in [2.24, 2.45) is 0 Å². The van der Waals surface area contributed by atoms with Gasteiger partial charge in [-0.25, -0.2) is 13.2 Å². The standard InChI is InChI=1S/C20H27N5O3S/c1-24(2)15-18-6-4-12-25(18)29(27,28)19-9-7-17(8-10-19)23-20(26)22-14-16-5-3-11-21-13-16/h3,5,7-11,13,18H,4,6,12,14-15H2,1-2H3,(H2,22,23,26)/t18-/m0/s1.